The second-order valence-corrected chi connectivity index (χ2v) is 6.85. The number of nitrogens with one attached hydrogen (secondary N) is 3. The minimum atomic E-state index is -0.529. The van der Waals surface area contributed by atoms with Gasteiger partial charge in [-0.05, 0) is 30.3 Å². The highest BCUT2D eigenvalue weighted by atomic mass is 35.5. The number of nitrogens with zero attached hydrogens (tertiary/aromatic N) is 4. The predicted octanol–water partition coefficient (Wildman–Crippen LogP) is 5.03. The molecule has 3 N–H and O–H groups in total. The van der Waals surface area contributed by atoms with Crippen LogP contribution in [0.4, 0.5) is 21.5 Å². The molecule has 0 bridgehead atoms. The average molecular weight is 428 g/mol. The summed E-state index contributed by atoms with van der Waals surface area (Å²) >= 11 is 12.3. The highest BCUT2D eigenvalue weighted by Crippen LogP contribution is 2.35. The Hall–Kier alpha value is -3.41. The first-order chi connectivity index (χ1) is 14.0. The first-order valence-corrected chi connectivity index (χ1v) is 9.13. The van der Waals surface area contributed by atoms with Crippen molar-refractivity contribution in [2.75, 3.05) is 10.6 Å². The minimum absolute atomic E-state index is 0.0289. The lowest BCUT2D eigenvalue weighted by Gasteiger charge is -2.14. The SMILES string of the molecule is N#Cc1cnc2c(Cl)cc(NCc3nc[nH]n3)cc2c1Nc1ccc(F)c(Cl)c1. The fraction of sp³-hybridized carbons (Fsp3) is 0.0526. The Morgan fingerprint density at radius 1 is 1.10 bits per heavy atom. The number of hydrogen-bond donors (Lipinski definition) is 3. The number of pyridine rings is 1. The van der Waals surface area contributed by atoms with Gasteiger partial charge >= 0.3 is 0 Å². The molecule has 2 aromatic carbocycles. The number of anilines is 3. The van der Waals surface area contributed by atoms with Crippen LogP contribution in [0.1, 0.15) is 11.4 Å². The molecule has 0 saturated carbocycles. The molecule has 29 heavy (non-hydrogen) atoms. The highest BCUT2D eigenvalue weighted by molar-refractivity contribution is 6.36. The van der Waals surface area contributed by atoms with Crippen molar-refractivity contribution in [1.82, 2.24) is 20.2 Å². The molecule has 0 saturated heterocycles. The quantitative estimate of drug-likeness (QED) is 0.412. The predicted molar refractivity (Wildman–Crippen MR) is 110 cm³/mol. The second kappa shape index (κ2) is 7.91. The number of nitriles is 1. The van der Waals surface area contributed by atoms with Crippen LogP contribution >= 0.6 is 23.2 Å². The van der Waals surface area contributed by atoms with Crippen LogP contribution in [0, 0.1) is 17.1 Å². The van der Waals surface area contributed by atoms with Crippen molar-refractivity contribution in [1.29, 1.82) is 5.26 Å². The lowest BCUT2D eigenvalue weighted by atomic mass is 10.1. The van der Waals surface area contributed by atoms with Crippen molar-refractivity contribution in [2.24, 2.45) is 0 Å². The summed E-state index contributed by atoms with van der Waals surface area (Å²) in [6.45, 7) is 0.382. The van der Waals surface area contributed by atoms with Crippen LogP contribution in [-0.4, -0.2) is 20.2 Å². The Morgan fingerprint density at radius 2 is 1.93 bits per heavy atom. The number of aromatic nitrogens is 4. The van der Waals surface area contributed by atoms with E-state index in [-0.39, 0.29) is 5.02 Å². The van der Waals surface area contributed by atoms with Crippen LogP contribution in [0.5, 0.6) is 0 Å². The van der Waals surface area contributed by atoms with E-state index in [2.05, 4.69) is 36.9 Å². The van der Waals surface area contributed by atoms with Gasteiger partial charge in [0.1, 0.15) is 18.2 Å². The van der Waals surface area contributed by atoms with Gasteiger partial charge in [-0.1, -0.05) is 23.2 Å². The average Bonchev–Trinajstić information content (AvgIpc) is 3.23. The Labute approximate surface area is 174 Å². The van der Waals surface area contributed by atoms with Crippen LogP contribution in [0.25, 0.3) is 10.9 Å². The molecule has 7 nitrogen and oxygen atoms in total. The van der Waals surface area contributed by atoms with Gasteiger partial charge in [0.05, 0.1) is 33.4 Å². The van der Waals surface area contributed by atoms with Gasteiger partial charge in [-0.25, -0.2) is 9.37 Å². The Kier molecular flexibility index (Phi) is 5.16. The molecule has 0 atom stereocenters. The van der Waals surface area contributed by atoms with Gasteiger partial charge in [-0.3, -0.25) is 10.1 Å². The minimum Gasteiger partial charge on any atom is -0.378 e. The van der Waals surface area contributed by atoms with Crippen LogP contribution in [0.15, 0.2) is 42.9 Å². The third-order valence-corrected chi connectivity index (χ3v) is 4.73. The maximum absolute atomic E-state index is 13.5. The maximum atomic E-state index is 13.5. The van der Waals surface area contributed by atoms with Crippen LogP contribution in [-0.2, 0) is 6.54 Å². The van der Waals surface area contributed by atoms with Gasteiger partial charge in [0.2, 0.25) is 0 Å². The van der Waals surface area contributed by atoms with E-state index in [1.807, 2.05) is 6.07 Å². The van der Waals surface area contributed by atoms with E-state index in [1.54, 1.807) is 6.07 Å². The van der Waals surface area contributed by atoms with E-state index < -0.39 is 5.82 Å². The third kappa shape index (κ3) is 3.92. The molecular formula is C19H12Cl2FN7. The van der Waals surface area contributed by atoms with Crippen molar-refractivity contribution in [2.45, 2.75) is 6.54 Å². The van der Waals surface area contributed by atoms with Crippen LogP contribution in [0.2, 0.25) is 10.0 Å². The normalized spacial score (nSPS) is 10.7. The molecule has 0 unspecified atom stereocenters. The molecule has 2 aromatic heterocycles. The Bertz CT molecular complexity index is 1240. The number of rotatable bonds is 5. The summed E-state index contributed by atoms with van der Waals surface area (Å²) in [7, 11) is 0. The van der Waals surface area contributed by atoms with Crippen LogP contribution < -0.4 is 10.6 Å². The monoisotopic (exact) mass is 427 g/mol. The summed E-state index contributed by atoms with van der Waals surface area (Å²) in [5, 5.41) is 23.5. The number of H-pyrrole nitrogens is 1. The summed E-state index contributed by atoms with van der Waals surface area (Å²) in [6.07, 6.45) is 2.92. The fourth-order valence-corrected chi connectivity index (χ4v) is 3.25. The number of fused-ring (bicyclic) bond motifs is 1. The fourth-order valence-electron chi connectivity index (χ4n) is 2.80. The second-order valence-electron chi connectivity index (χ2n) is 6.04. The number of aromatic amines is 1. The zero-order chi connectivity index (χ0) is 20.4. The van der Waals surface area contributed by atoms with Crippen molar-refractivity contribution in [3.8, 4) is 6.07 Å². The zero-order valence-corrected chi connectivity index (χ0v) is 16.2. The van der Waals surface area contributed by atoms with E-state index >= 15 is 0 Å². The molecule has 0 fully saturated rings. The van der Waals surface area contributed by atoms with E-state index in [4.69, 9.17) is 23.2 Å². The van der Waals surface area contributed by atoms with E-state index in [9.17, 15) is 9.65 Å². The van der Waals surface area contributed by atoms with Gasteiger partial charge in [0.15, 0.2) is 5.82 Å². The lowest BCUT2D eigenvalue weighted by molar-refractivity contribution is 0.628. The molecule has 0 spiro atoms. The Morgan fingerprint density at radius 3 is 2.66 bits per heavy atom. The molecule has 144 valence electrons. The van der Waals surface area contributed by atoms with Crippen LogP contribution in [0.3, 0.4) is 0 Å². The van der Waals surface area contributed by atoms with E-state index in [1.165, 1.54) is 30.7 Å². The van der Waals surface area contributed by atoms with Crippen molar-refractivity contribution in [3.05, 3.63) is 70.1 Å². The summed E-state index contributed by atoms with van der Waals surface area (Å²) in [5.74, 6) is 0.0586. The molecule has 0 amide bonds. The maximum Gasteiger partial charge on any atom is 0.169 e. The third-order valence-electron chi connectivity index (χ3n) is 4.15. The van der Waals surface area contributed by atoms with E-state index in [0.29, 0.717) is 50.9 Å². The zero-order valence-electron chi connectivity index (χ0n) is 14.7. The molecule has 0 radical (unpaired) electrons. The summed E-state index contributed by atoms with van der Waals surface area (Å²) in [5.41, 5.74) is 2.54. The Balaban J connectivity index is 1.78. The smallest absolute Gasteiger partial charge is 0.169 e. The molecule has 4 aromatic rings. The lowest BCUT2D eigenvalue weighted by Crippen LogP contribution is -2.02. The number of hydrogen-bond acceptors (Lipinski definition) is 6. The molecule has 0 aliphatic carbocycles. The highest BCUT2D eigenvalue weighted by Gasteiger charge is 2.14. The van der Waals surface area contributed by atoms with Gasteiger partial charge in [0.25, 0.3) is 0 Å². The molecular weight excluding hydrogens is 416 g/mol. The van der Waals surface area contributed by atoms with E-state index in [0.717, 1.165) is 0 Å². The van der Waals surface area contributed by atoms with Gasteiger partial charge < -0.3 is 10.6 Å². The van der Waals surface area contributed by atoms with Crippen molar-refractivity contribution in [3.63, 3.8) is 0 Å². The topological polar surface area (TPSA) is 102 Å². The standard InChI is InChI=1S/C19H12Cl2FN7/c20-14-4-11(1-2-16(14)22)28-18-10(6-23)7-25-19-13(18)3-12(5-15(19)21)24-8-17-26-9-27-29-17/h1-5,7,9,24H,8H2,(H,25,28)(H,26,27,29). The largest absolute Gasteiger partial charge is 0.378 e. The first kappa shape index (κ1) is 18.9. The molecule has 0 aliphatic heterocycles. The summed E-state index contributed by atoms with van der Waals surface area (Å²) < 4.78 is 13.5. The summed E-state index contributed by atoms with van der Waals surface area (Å²) in [4.78, 5) is 8.36. The molecule has 2 heterocycles. The van der Waals surface area contributed by atoms with Crippen molar-refractivity contribution < 1.29 is 4.39 Å². The first-order valence-electron chi connectivity index (χ1n) is 8.38. The molecule has 4 rings (SSSR count). The number of halogens is 3. The van der Waals surface area contributed by atoms with Gasteiger partial charge in [-0.15, -0.1) is 0 Å². The summed E-state index contributed by atoms with van der Waals surface area (Å²) in [6, 6.07) is 9.87. The van der Waals surface area contributed by atoms with Gasteiger partial charge in [0, 0.05) is 23.0 Å². The van der Waals surface area contributed by atoms with Gasteiger partial charge in [-0.2, -0.15) is 10.4 Å². The molecule has 0 aliphatic rings. The number of benzene rings is 2. The van der Waals surface area contributed by atoms with Crippen molar-refractivity contribution >= 4 is 51.2 Å². The molecule has 10 heteroatoms.